The van der Waals surface area contributed by atoms with Crippen LogP contribution in [-0.2, 0) is 11.4 Å². The van der Waals surface area contributed by atoms with E-state index in [-0.39, 0.29) is 5.91 Å². The maximum atomic E-state index is 13.4. The lowest BCUT2D eigenvalue weighted by Crippen LogP contribution is -2.27. The number of amides is 1. The maximum absolute atomic E-state index is 13.4. The Morgan fingerprint density at radius 2 is 1.78 bits per heavy atom. The Balaban J connectivity index is 1.42. The quantitative estimate of drug-likeness (QED) is 0.125. The molecule has 0 unspecified atom stereocenters. The molecule has 4 nitrogen and oxygen atoms in total. The van der Waals surface area contributed by atoms with Crippen molar-refractivity contribution in [1.82, 2.24) is 0 Å². The van der Waals surface area contributed by atoms with Gasteiger partial charge in [-0.15, -0.1) is 0 Å². The first-order valence-corrected chi connectivity index (χ1v) is 13.6. The minimum atomic E-state index is -0.130. The average molecular weight is 624 g/mol. The molecule has 1 aliphatic rings. The molecular weight excluding hydrogens is 601 g/mol. The number of nitrogens with zero attached hydrogens (tertiary/aromatic N) is 1. The van der Waals surface area contributed by atoms with Crippen LogP contribution in [0.25, 0.3) is 16.8 Å². The number of aryl methyl sites for hydroxylation is 1. The Kier molecular flexibility index (Phi) is 7.32. The van der Waals surface area contributed by atoms with Crippen molar-refractivity contribution in [3.05, 3.63) is 104 Å². The fourth-order valence-electron chi connectivity index (χ4n) is 4.03. The number of thioether (sulfide) groups is 1. The Morgan fingerprint density at radius 3 is 2.56 bits per heavy atom. The molecule has 0 spiro atoms. The largest absolute Gasteiger partial charge is 0.493 e. The molecule has 7 heteroatoms. The van der Waals surface area contributed by atoms with Crippen LogP contribution < -0.4 is 14.4 Å². The number of rotatable bonds is 6. The zero-order valence-corrected chi connectivity index (χ0v) is 23.4. The van der Waals surface area contributed by atoms with Gasteiger partial charge in [0.2, 0.25) is 0 Å². The number of benzene rings is 4. The number of hydrogen-bond donors (Lipinski definition) is 0. The summed E-state index contributed by atoms with van der Waals surface area (Å²) in [6.45, 7) is 2.50. The number of anilines is 1. The summed E-state index contributed by atoms with van der Waals surface area (Å²) < 4.78 is 13.2. The van der Waals surface area contributed by atoms with Gasteiger partial charge >= 0.3 is 0 Å². The lowest BCUT2D eigenvalue weighted by molar-refractivity contribution is -0.113. The number of ether oxygens (including phenoxy) is 2. The van der Waals surface area contributed by atoms with Crippen LogP contribution >= 0.6 is 46.6 Å². The topological polar surface area (TPSA) is 38.8 Å². The van der Waals surface area contributed by atoms with E-state index in [1.807, 2.05) is 60.7 Å². The number of hydrogen-bond acceptors (Lipinski definition) is 5. The number of fused-ring (bicyclic) bond motifs is 1. The number of methoxy groups -OCH3 is 1. The Labute approximate surface area is 233 Å². The van der Waals surface area contributed by atoms with E-state index in [9.17, 15) is 4.79 Å². The van der Waals surface area contributed by atoms with Gasteiger partial charge in [-0.2, -0.15) is 0 Å². The van der Waals surface area contributed by atoms with E-state index < -0.39 is 0 Å². The molecule has 180 valence electrons. The first kappa shape index (κ1) is 24.8. The van der Waals surface area contributed by atoms with Crippen LogP contribution in [0.2, 0.25) is 0 Å². The summed E-state index contributed by atoms with van der Waals surface area (Å²) in [5, 5.41) is 2.05. The second kappa shape index (κ2) is 10.6. The molecule has 5 rings (SSSR count). The number of halogens is 1. The summed E-state index contributed by atoms with van der Waals surface area (Å²) in [6.07, 6.45) is 1.86. The molecule has 0 aromatic heterocycles. The van der Waals surface area contributed by atoms with Crippen molar-refractivity contribution in [3.63, 3.8) is 0 Å². The molecule has 1 heterocycles. The highest BCUT2D eigenvalue weighted by Gasteiger charge is 2.34. The van der Waals surface area contributed by atoms with Crippen molar-refractivity contribution in [3.8, 4) is 11.5 Å². The molecule has 1 amide bonds. The Morgan fingerprint density at radius 1 is 1.03 bits per heavy atom. The highest BCUT2D eigenvalue weighted by atomic mass is 127. The van der Waals surface area contributed by atoms with Crippen molar-refractivity contribution in [2.75, 3.05) is 12.0 Å². The molecule has 1 aliphatic heterocycles. The van der Waals surface area contributed by atoms with Crippen LogP contribution in [0.15, 0.2) is 83.8 Å². The lowest BCUT2D eigenvalue weighted by Gasteiger charge is -2.17. The molecule has 0 aliphatic carbocycles. The van der Waals surface area contributed by atoms with Crippen LogP contribution in [0.1, 0.15) is 16.7 Å². The van der Waals surface area contributed by atoms with Gasteiger partial charge in [0.1, 0.15) is 6.61 Å². The highest BCUT2D eigenvalue weighted by molar-refractivity contribution is 14.1. The molecule has 0 N–H and O–H groups in total. The lowest BCUT2D eigenvalue weighted by atomic mass is 10.1. The molecule has 0 radical (unpaired) electrons. The van der Waals surface area contributed by atoms with Gasteiger partial charge in [-0.05, 0) is 70.3 Å². The SMILES string of the molecule is COc1cc(/C=C2/SC(=S)N(c3cccc4ccccc34)C2=O)cc(I)c1OCc1ccc(C)cc1. The van der Waals surface area contributed by atoms with Gasteiger partial charge in [-0.1, -0.05) is 90.2 Å². The predicted molar refractivity (Wildman–Crippen MR) is 161 cm³/mol. The summed E-state index contributed by atoms with van der Waals surface area (Å²) in [4.78, 5) is 15.6. The highest BCUT2D eigenvalue weighted by Crippen LogP contribution is 2.40. The number of thiocarbonyl (C=S) groups is 1. The Hall–Kier alpha value is -2.88. The van der Waals surface area contributed by atoms with Gasteiger partial charge in [-0.25, -0.2) is 0 Å². The third kappa shape index (κ3) is 5.00. The van der Waals surface area contributed by atoms with E-state index in [0.717, 1.165) is 31.2 Å². The molecule has 36 heavy (non-hydrogen) atoms. The van der Waals surface area contributed by atoms with Crippen molar-refractivity contribution >= 4 is 79.3 Å². The smallest absolute Gasteiger partial charge is 0.270 e. The van der Waals surface area contributed by atoms with E-state index in [1.165, 1.54) is 17.3 Å². The van der Waals surface area contributed by atoms with E-state index >= 15 is 0 Å². The summed E-state index contributed by atoms with van der Waals surface area (Å²) in [5.41, 5.74) is 3.93. The van der Waals surface area contributed by atoms with E-state index in [4.69, 9.17) is 21.7 Å². The van der Waals surface area contributed by atoms with Crippen LogP contribution in [0.5, 0.6) is 11.5 Å². The van der Waals surface area contributed by atoms with Crippen LogP contribution in [0.4, 0.5) is 5.69 Å². The maximum Gasteiger partial charge on any atom is 0.270 e. The molecule has 4 aromatic rings. The second-order valence-electron chi connectivity index (χ2n) is 8.32. The van der Waals surface area contributed by atoms with Crippen LogP contribution in [0.3, 0.4) is 0 Å². The molecule has 1 saturated heterocycles. The van der Waals surface area contributed by atoms with Gasteiger partial charge in [0.15, 0.2) is 15.8 Å². The minimum absolute atomic E-state index is 0.130. The standard InChI is InChI=1S/C29H22INO3S2/c1-18-10-12-19(13-11-18)17-34-27-23(30)14-20(15-25(27)33-2)16-26-28(32)31(29(35)36-26)24-9-5-7-21-6-3-4-8-22(21)24/h3-16H,17H2,1-2H3/b26-16+. The van der Waals surface area contributed by atoms with E-state index in [2.05, 4.69) is 53.8 Å². The fourth-order valence-corrected chi connectivity index (χ4v) is 6.10. The van der Waals surface area contributed by atoms with E-state index in [1.54, 1.807) is 12.0 Å². The molecule has 0 bridgehead atoms. The van der Waals surface area contributed by atoms with Crippen molar-refractivity contribution in [1.29, 1.82) is 0 Å². The summed E-state index contributed by atoms with van der Waals surface area (Å²) in [6, 6.07) is 26.0. The second-order valence-corrected chi connectivity index (χ2v) is 11.2. The molecule has 1 fully saturated rings. The number of carbonyl (C=O) groups is 1. The minimum Gasteiger partial charge on any atom is -0.493 e. The normalized spacial score (nSPS) is 14.6. The summed E-state index contributed by atoms with van der Waals surface area (Å²) >= 11 is 9.17. The predicted octanol–water partition coefficient (Wildman–Crippen LogP) is 7.75. The van der Waals surface area contributed by atoms with Crippen molar-refractivity contribution in [2.45, 2.75) is 13.5 Å². The summed E-state index contributed by atoms with van der Waals surface area (Å²) in [5.74, 6) is 1.17. The number of carbonyl (C=O) groups excluding carboxylic acids is 1. The van der Waals surface area contributed by atoms with Crippen molar-refractivity contribution < 1.29 is 14.3 Å². The molecule has 0 saturated carbocycles. The third-order valence-corrected chi connectivity index (χ3v) is 7.96. The van der Waals surface area contributed by atoms with Gasteiger partial charge < -0.3 is 9.47 Å². The first-order valence-electron chi connectivity index (χ1n) is 11.3. The fraction of sp³-hybridized carbons (Fsp3) is 0.103. The Bertz CT molecular complexity index is 1510. The van der Waals surface area contributed by atoms with Crippen LogP contribution in [0, 0.1) is 10.5 Å². The first-order chi connectivity index (χ1) is 17.4. The zero-order valence-electron chi connectivity index (χ0n) is 19.7. The zero-order chi connectivity index (χ0) is 25.2. The van der Waals surface area contributed by atoms with Gasteiger partial charge in [-0.3, -0.25) is 9.69 Å². The van der Waals surface area contributed by atoms with Crippen molar-refractivity contribution in [2.24, 2.45) is 0 Å². The monoisotopic (exact) mass is 623 g/mol. The molecule has 4 aromatic carbocycles. The third-order valence-electron chi connectivity index (χ3n) is 5.85. The average Bonchev–Trinajstić information content (AvgIpc) is 3.15. The van der Waals surface area contributed by atoms with Gasteiger partial charge in [0.25, 0.3) is 5.91 Å². The van der Waals surface area contributed by atoms with Crippen LogP contribution in [-0.4, -0.2) is 17.3 Å². The van der Waals surface area contributed by atoms with E-state index in [0.29, 0.717) is 27.3 Å². The molecule has 0 atom stereocenters. The van der Waals surface area contributed by atoms with Gasteiger partial charge in [0, 0.05) is 5.39 Å². The summed E-state index contributed by atoms with van der Waals surface area (Å²) in [7, 11) is 1.62. The molecular formula is C29H22INO3S2. The van der Waals surface area contributed by atoms with Gasteiger partial charge in [0.05, 0.1) is 21.3 Å².